The Hall–Kier alpha value is -4.97. The van der Waals surface area contributed by atoms with Crippen molar-refractivity contribution in [2.45, 2.75) is 162 Å². The van der Waals surface area contributed by atoms with Crippen molar-refractivity contribution in [2.24, 2.45) is 0 Å². The fourth-order valence-electron chi connectivity index (χ4n) is 5.53. The Morgan fingerprint density at radius 1 is 0.339 bits per heavy atom. The Morgan fingerprint density at radius 2 is 0.677 bits per heavy atom. The maximum absolute atomic E-state index is 12.8. The summed E-state index contributed by atoms with van der Waals surface area (Å²) in [6, 6.07) is 0. The summed E-state index contributed by atoms with van der Waals surface area (Å²) in [6.07, 6.45) is 70.9. The Kier molecular flexibility index (Phi) is 44.8. The summed E-state index contributed by atoms with van der Waals surface area (Å²) in [5.74, 6) is -1.08. The maximum Gasteiger partial charge on any atom is 0.306 e. The van der Waals surface area contributed by atoms with Gasteiger partial charge in [0.2, 0.25) is 0 Å². The smallest absolute Gasteiger partial charge is 0.306 e. The molecule has 0 aliphatic rings. The molecule has 0 heterocycles. The minimum atomic E-state index is -0.840. The van der Waals surface area contributed by atoms with Gasteiger partial charge >= 0.3 is 17.9 Å². The molecule has 0 aromatic rings. The zero-order valence-electron chi connectivity index (χ0n) is 38.8. The van der Waals surface area contributed by atoms with E-state index in [-0.39, 0.29) is 44.0 Å². The average molecular weight is 851 g/mol. The van der Waals surface area contributed by atoms with Crippen LogP contribution in [0.2, 0.25) is 0 Å². The average Bonchev–Trinajstić information content (AvgIpc) is 3.27. The molecule has 0 radical (unpaired) electrons. The van der Waals surface area contributed by atoms with Crippen molar-refractivity contribution in [1.82, 2.24) is 0 Å². The molecule has 0 aromatic carbocycles. The molecule has 0 spiro atoms. The van der Waals surface area contributed by atoms with Crippen LogP contribution in [0.1, 0.15) is 156 Å². The number of rotatable bonds is 39. The molecule has 0 rings (SSSR count). The van der Waals surface area contributed by atoms with Crippen LogP contribution in [-0.2, 0) is 28.6 Å². The first-order chi connectivity index (χ1) is 30.5. The van der Waals surface area contributed by atoms with Crippen LogP contribution in [0.3, 0.4) is 0 Å². The zero-order valence-corrected chi connectivity index (χ0v) is 38.8. The van der Waals surface area contributed by atoms with E-state index in [0.29, 0.717) is 12.8 Å². The normalized spacial score (nSPS) is 13.5. The van der Waals surface area contributed by atoms with Gasteiger partial charge in [0.25, 0.3) is 0 Å². The monoisotopic (exact) mass is 851 g/mol. The molecule has 0 fully saturated rings. The molecule has 342 valence electrons. The molecule has 0 N–H and O–H groups in total. The maximum atomic E-state index is 12.8. The first-order valence-corrected chi connectivity index (χ1v) is 23.6. The molecule has 0 saturated heterocycles. The lowest BCUT2D eigenvalue weighted by atomic mass is 10.1. The van der Waals surface area contributed by atoms with Gasteiger partial charge in [0.05, 0.1) is 0 Å². The number of unbranched alkanes of at least 4 members (excludes halogenated alkanes) is 9. The lowest BCUT2D eigenvalue weighted by molar-refractivity contribution is -0.167. The molecule has 0 saturated carbocycles. The van der Waals surface area contributed by atoms with E-state index in [4.69, 9.17) is 14.2 Å². The first-order valence-electron chi connectivity index (χ1n) is 23.6. The molecule has 0 amide bonds. The fourth-order valence-corrected chi connectivity index (χ4v) is 5.53. The second kappa shape index (κ2) is 48.7. The van der Waals surface area contributed by atoms with Crippen LogP contribution < -0.4 is 0 Å². The largest absolute Gasteiger partial charge is 0.462 e. The van der Waals surface area contributed by atoms with E-state index in [2.05, 4.69) is 99.8 Å². The predicted molar refractivity (Wildman–Crippen MR) is 265 cm³/mol. The van der Waals surface area contributed by atoms with Gasteiger partial charge in [-0.3, -0.25) is 14.4 Å². The third-order valence-electron chi connectivity index (χ3n) is 8.98. The molecule has 6 nitrogen and oxygen atoms in total. The van der Waals surface area contributed by atoms with Crippen LogP contribution in [0.4, 0.5) is 0 Å². The Morgan fingerprint density at radius 3 is 1.18 bits per heavy atom. The van der Waals surface area contributed by atoms with E-state index in [0.717, 1.165) is 109 Å². The molecule has 0 aliphatic heterocycles. The van der Waals surface area contributed by atoms with Gasteiger partial charge in [-0.05, 0) is 89.9 Å². The van der Waals surface area contributed by atoms with Gasteiger partial charge in [-0.25, -0.2) is 0 Å². The number of hydrogen-bond donors (Lipinski definition) is 0. The van der Waals surface area contributed by atoms with Crippen molar-refractivity contribution in [3.05, 3.63) is 158 Å². The standard InChI is InChI=1S/C56H82O6/c1-4-7-10-13-16-19-22-25-27-29-31-34-37-40-43-46-49-55(58)61-52-53(51-60-54(57)48-45-42-39-36-33-30-24-21-18-15-12-9-6-3)62-56(59)50-47-44-41-38-35-32-28-26-23-20-17-14-11-8-5-2/h7-12,14-21,23-28,30-31,33-34,36,39,53H,4-6,13,22,29,32,35,37-38,40-52H2,1-3H3/b10-7-,11-8-,12-9-,17-14-,18-15-,19-16-,23-20-,24-21-,27-25-,28-26-,33-30-,34-31-,39-36-. The van der Waals surface area contributed by atoms with Gasteiger partial charge < -0.3 is 14.2 Å². The third kappa shape index (κ3) is 46.1. The Bertz CT molecular complexity index is 1490. The highest BCUT2D eigenvalue weighted by Gasteiger charge is 2.19. The van der Waals surface area contributed by atoms with Crippen LogP contribution in [0.5, 0.6) is 0 Å². The highest BCUT2D eigenvalue weighted by atomic mass is 16.6. The van der Waals surface area contributed by atoms with E-state index >= 15 is 0 Å². The number of carbonyl (C=O) groups is 3. The van der Waals surface area contributed by atoms with Crippen LogP contribution in [0, 0.1) is 0 Å². The summed E-state index contributed by atoms with van der Waals surface area (Å²) in [5, 5.41) is 0. The van der Waals surface area contributed by atoms with Crippen molar-refractivity contribution in [2.75, 3.05) is 13.2 Å². The van der Waals surface area contributed by atoms with E-state index in [9.17, 15) is 14.4 Å². The van der Waals surface area contributed by atoms with E-state index in [1.54, 1.807) is 0 Å². The molecule has 0 bridgehead atoms. The predicted octanol–water partition coefficient (Wildman–Crippen LogP) is 15.5. The second-order valence-corrected chi connectivity index (χ2v) is 14.7. The minimum Gasteiger partial charge on any atom is -0.462 e. The van der Waals surface area contributed by atoms with Crippen LogP contribution >= 0.6 is 0 Å². The number of carbonyl (C=O) groups excluding carboxylic acids is 3. The van der Waals surface area contributed by atoms with Crippen LogP contribution in [0.15, 0.2) is 158 Å². The first kappa shape index (κ1) is 57.0. The zero-order chi connectivity index (χ0) is 45.1. The van der Waals surface area contributed by atoms with Crippen molar-refractivity contribution >= 4 is 17.9 Å². The van der Waals surface area contributed by atoms with Crippen molar-refractivity contribution in [3.8, 4) is 0 Å². The summed E-state index contributed by atoms with van der Waals surface area (Å²) >= 11 is 0. The van der Waals surface area contributed by atoms with Gasteiger partial charge in [0.15, 0.2) is 6.10 Å². The fraction of sp³-hybridized carbons (Fsp3) is 0.482. The topological polar surface area (TPSA) is 78.9 Å². The molecule has 0 aliphatic carbocycles. The molecule has 0 aromatic heterocycles. The Balaban J connectivity index is 4.64. The van der Waals surface area contributed by atoms with Crippen LogP contribution in [-0.4, -0.2) is 37.2 Å². The second-order valence-electron chi connectivity index (χ2n) is 14.7. The molecule has 62 heavy (non-hydrogen) atoms. The third-order valence-corrected chi connectivity index (χ3v) is 8.98. The van der Waals surface area contributed by atoms with Crippen molar-refractivity contribution in [3.63, 3.8) is 0 Å². The van der Waals surface area contributed by atoms with E-state index in [1.807, 2.05) is 79.0 Å². The SMILES string of the molecule is CC\C=C/C=C\C=C/C=C\C=C/CCCC(=O)OCC(COC(=O)CCCCC/C=C\C/C=C\C/C=C\C/C=C\CC)OC(=O)CCCCCCC\C=C/C=C\C=C/C=C\CC. The number of allylic oxidation sites excluding steroid dienone is 26. The molecule has 1 unspecified atom stereocenters. The summed E-state index contributed by atoms with van der Waals surface area (Å²) in [5.41, 5.74) is 0. The summed E-state index contributed by atoms with van der Waals surface area (Å²) in [4.78, 5) is 37.8. The summed E-state index contributed by atoms with van der Waals surface area (Å²) in [7, 11) is 0. The molecular formula is C56H82O6. The Labute approximate surface area is 378 Å². The van der Waals surface area contributed by atoms with Crippen molar-refractivity contribution in [1.29, 1.82) is 0 Å². The quantitative estimate of drug-likeness (QED) is 0.0202. The lowest BCUT2D eigenvalue weighted by Gasteiger charge is -2.18. The van der Waals surface area contributed by atoms with Gasteiger partial charge in [-0.2, -0.15) is 0 Å². The number of ether oxygens (including phenoxy) is 3. The summed E-state index contributed by atoms with van der Waals surface area (Å²) in [6.45, 7) is 6.08. The number of esters is 3. The van der Waals surface area contributed by atoms with E-state index < -0.39 is 6.10 Å². The highest BCUT2D eigenvalue weighted by Crippen LogP contribution is 2.11. The minimum absolute atomic E-state index is 0.135. The van der Waals surface area contributed by atoms with Gasteiger partial charge in [-0.15, -0.1) is 0 Å². The van der Waals surface area contributed by atoms with Gasteiger partial charge in [0, 0.05) is 19.3 Å². The summed E-state index contributed by atoms with van der Waals surface area (Å²) < 4.78 is 16.6. The molecular weight excluding hydrogens is 769 g/mol. The van der Waals surface area contributed by atoms with Gasteiger partial charge in [-0.1, -0.05) is 204 Å². The highest BCUT2D eigenvalue weighted by molar-refractivity contribution is 5.71. The lowest BCUT2D eigenvalue weighted by Crippen LogP contribution is -2.30. The molecule has 6 heteroatoms. The van der Waals surface area contributed by atoms with E-state index in [1.165, 1.54) is 0 Å². The number of hydrogen-bond acceptors (Lipinski definition) is 6. The van der Waals surface area contributed by atoms with Gasteiger partial charge in [0.1, 0.15) is 13.2 Å². The molecule has 1 atom stereocenters. The van der Waals surface area contributed by atoms with Crippen LogP contribution in [0.25, 0.3) is 0 Å². The van der Waals surface area contributed by atoms with Crippen molar-refractivity contribution < 1.29 is 28.6 Å².